The smallest absolute Gasteiger partial charge is 0.164 e. The number of halogens is 1. The van der Waals surface area contributed by atoms with Crippen molar-refractivity contribution in [2.75, 3.05) is 0 Å². The van der Waals surface area contributed by atoms with Gasteiger partial charge in [-0.05, 0) is 58.9 Å². The van der Waals surface area contributed by atoms with Crippen LogP contribution in [0.1, 0.15) is 18.9 Å². The molecule has 0 saturated carbocycles. The molecule has 0 bridgehead atoms. The van der Waals surface area contributed by atoms with Gasteiger partial charge in [-0.15, -0.1) is 0 Å². The highest BCUT2D eigenvalue weighted by Crippen LogP contribution is 2.32. The Morgan fingerprint density at radius 2 is 1.18 bits per heavy atom. The fourth-order valence-corrected chi connectivity index (χ4v) is 5.38. The minimum atomic E-state index is 0.565. The molecule has 0 radical (unpaired) electrons. The lowest BCUT2D eigenvalue weighted by molar-refractivity contribution is 0.739. The van der Waals surface area contributed by atoms with E-state index in [-0.39, 0.29) is 0 Å². The zero-order valence-corrected chi connectivity index (χ0v) is 23.6. The third-order valence-electron chi connectivity index (χ3n) is 6.91. The Morgan fingerprint density at radius 1 is 0.641 bits per heavy atom. The summed E-state index contributed by atoms with van der Waals surface area (Å²) in [6, 6.07) is 33.5. The summed E-state index contributed by atoms with van der Waals surface area (Å²) in [7, 11) is 2.11. The number of hydrogen-bond donors (Lipinski definition) is 0. The molecule has 1 aliphatic carbocycles. The second-order valence-electron chi connectivity index (χ2n) is 10.1. The summed E-state index contributed by atoms with van der Waals surface area (Å²) in [6.45, 7) is 2.24. The normalized spacial score (nSPS) is 14.7. The maximum absolute atomic E-state index is 5.03. The van der Waals surface area contributed by atoms with Gasteiger partial charge in [-0.2, -0.15) is 0 Å². The van der Waals surface area contributed by atoms with Crippen LogP contribution >= 0.6 is 15.9 Å². The van der Waals surface area contributed by atoms with Crippen LogP contribution in [0.4, 0.5) is 0 Å². The fourth-order valence-electron chi connectivity index (χ4n) is 4.89. The van der Waals surface area contributed by atoms with Crippen LogP contribution < -0.4 is 5.46 Å². The summed E-state index contributed by atoms with van der Waals surface area (Å²) in [4.78, 5) is 15.0. The fraction of sp³-hybridized carbons (Fsp3) is 0.0882. The van der Waals surface area contributed by atoms with E-state index in [1.807, 2.05) is 36.4 Å². The van der Waals surface area contributed by atoms with Crippen LogP contribution in [-0.4, -0.2) is 22.8 Å². The van der Waals surface area contributed by atoms with E-state index >= 15 is 0 Å². The Balaban J connectivity index is 1.51. The predicted molar refractivity (Wildman–Crippen MR) is 168 cm³/mol. The van der Waals surface area contributed by atoms with E-state index < -0.39 is 0 Å². The minimum Gasteiger partial charge on any atom is -0.208 e. The summed E-state index contributed by atoms with van der Waals surface area (Å²) in [5.41, 5.74) is 8.71. The molecular formula is C34H27BBrN3. The molecule has 6 rings (SSSR count). The molecule has 1 aliphatic rings. The Kier molecular flexibility index (Phi) is 7.08. The number of nitrogens with zero attached hydrogens (tertiary/aromatic N) is 3. The van der Waals surface area contributed by atoms with Crippen molar-refractivity contribution in [1.29, 1.82) is 0 Å². The lowest BCUT2D eigenvalue weighted by atomic mass is 9.89. The first-order valence-electron chi connectivity index (χ1n) is 13.2. The van der Waals surface area contributed by atoms with Crippen LogP contribution in [0, 0.1) is 5.92 Å². The Bertz CT molecular complexity index is 1710. The molecule has 0 spiro atoms. The van der Waals surface area contributed by atoms with Gasteiger partial charge in [0.15, 0.2) is 17.5 Å². The number of aromatic nitrogens is 3. The second kappa shape index (κ2) is 11.0. The van der Waals surface area contributed by atoms with Crippen LogP contribution in [0.3, 0.4) is 0 Å². The van der Waals surface area contributed by atoms with E-state index in [2.05, 4.69) is 110 Å². The summed E-state index contributed by atoms with van der Waals surface area (Å²) < 4.78 is 0.994. The molecule has 0 amide bonds. The summed E-state index contributed by atoms with van der Waals surface area (Å²) >= 11 is 3.74. The Labute approximate surface area is 239 Å². The van der Waals surface area contributed by atoms with E-state index in [1.54, 1.807) is 0 Å². The molecule has 188 valence electrons. The number of hydrogen-bond acceptors (Lipinski definition) is 3. The van der Waals surface area contributed by atoms with E-state index in [0.717, 1.165) is 44.2 Å². The van der Waals surface area contributed by atoms with Crippen molar-refractivity contribution in [1.82, 2.24) is 15.0 Å². The van der Waals surface area contributed by atoms with Crippen molar-refractivity contribution in [3.8, 4) is 45.3 Å². The quantitative estimate of drug-likeness (QED) is 0.206. The van der Waals surface area contributed by atoms with Crippen molar-refractivity contribution in [2.24, 2.45) is 5.92 Å². The van der Waals surface area contributed by atoms with Crippen LogP contribution in [0.15, 0.2) is 120 Å². The first kappa shape index (κ1) is 25.2. The Morgan fingerprint density at radius 3 is 1.82 bits per heavy atom. The Hall–Kier alpha value is -4.09. The van der Waals surface area contributed by atoms with Crippen molar-refractivity contribution in [3.63, 3.8) is 0 Å². The standard InChI is InChI=1S/C34H27BBrN3/c1-22-12-14-24(15-13-22)27-17-29(21-31(36)20-27)34-38-32(25-10-6-3-7-11-25)37-33(39-34)28-16-26(18-30(35)19-28)23-8-4-2-5-9-23/h2-12,14-22H,13,35H2,1H3. The summed E-state index contributed by atoms with van der Waals surface area (Å²) in [5.74, 6) is 2.53. The third kappa shape index (κ3) is 5.69. The molecule has 1 unspecified atom stereocenters. The second-order valence-corrected chi connectivity index (χ2v) is 11.0. The van der Waals surface area contributed by atoms with Crippen LogP contribution in [0.2, 0.25) is 0 Å². The monoisotopic (exact) mass is 567 g/mol. The van der Waals surface area contributed by atoms with E-state index in [4.69, 9.17) is 15.0 Å². The lowest BCUT2D eigenvalue weighted by Gasteiger charge is -2.14. The van der Waals surface area contributed by atoms with E-state index in [1.165, 1.54) is 11.1 Å². The highest BCUT2D eigenvalue weighted by Gasteiger charge is 2.15. The SMILES string of the molecule is Bc1cc(-c2ccccc2)cc(-c2nc(-c3ccccc3)nc(-c3cc(Br)cc(C4=CCC(C)C=C4)c3)n2)c1. The number of rotatable bonds is 5. The van der Waals surface area contributed by atoms with Crippen LogP contribution in [0.5, 0.6) is 0 Å². The lowest BCUT2D eigenvalue weighted by Crippen LogP contribution is -2.06. The van der Waals surface area contributed by atoms with Gasteiger partial charge in [-0.3, -0.25) is 0 Å². The molecule has 0 N–H and O–H groups in total. The van der Waals surface area contributed by atoms with Gasteiger partial charge < -0.3 is 0 Å². The zero-order valence-electron chi connectivity index (χ0n) is 22.0. The van der Waals surface area contributed by atoms with Gasteiger partial charge in [0.25, 0.3) is 0 Å². The van der Waals surface area contributed by atoms with Crippen molar-refractivity contribution in [3.05, 3.63) is 125 Å². The van der Waals surface area contributed by atoms with E-state index in [9.17, 15) is 0 Å². The molecule has 0 saturated heterocycles. The van der Waals surface area contributed by atoms with Gasteiger partial charge in [-0.25, -0.2) is 15.0 Å². The first-order chi connectivity index (χ1) is 19.0. The third-order valence-corrected chi connectivity index (χ3v) is 7.37. The molecule has 5 heteroatoms. The highest BCUT2D eigenvalue weighted by atomic mass is 79.9. The minimum absolute atomic E-state index is 0.565. The maximum atomic E-state index is 5.03. The summed E-state index contributed by atoms with van der Waals surface area (Å²) in [6.07, 6.45) is 7.83. The molecule has 0 aliphatic heterocycles. The predicted octanol–water partition coefficient (Wildman–Crippen LogP) is 7.54. The van der Waals surface area contributed by atoms with Gasteiger partial charge >= 0.3 is 0 Å². The van der Waals surface area contributed by atoms with Crippen LogP contribution in [-0.2, 0) is 0 Å². The van der Waals surface area contributed by atoms with Crippen molar-refractivity contribution >= 4 is 34.8 Å². The molecule has 4 aromatic carbocycles. The van der Waals surface area contributed by atoms with Gasteiger partial charge in [-0.1, -0.05) is 119 Å². The topological polar surface area (TPSA) is 38.7 Å². The van der Waals surface area contributed by atoms with Crippen molar-refractivity contribution in [2.45, 2.75) is 13.3 Å². The van der Waals surface area contributed by atoms with Gasteiger partial charge in [0.05, 0.1) is 0 Å². The van der Waals surface area contributed by atoms with E-state index in [0.29, 0.717) is 23.4 Å². The summed E-state index contributed by atoms with van der Waals surface area (Å²) in [5, 5.41) is 0. The molecule has 1 aromatic heterocycles. The molecule has 1 atom stereocenters. The molecule has 0 fully saturated rings. The average Bonchev–Trinajstić information content (AvgIpc) is 2.97. The molecule has 1 heterocycles. The highest BCUT2D eigenvalue weighted by molar-refractivity contribution is 9.10. The molecule has 3 nitrogen and oxygen atoms in total. The largest absolute Gasteiger partial charge is 0.208 e. The van der Waals surface area contributed by atoms with Gasteiger partial charge in [0, 0.05) is 21.2 Å². The molecular weight excluding hydrogens is 541 g/mol. The van der Waals surface area contributed by atoms with Crippen LogP contribution in [0.25, 0.3) is 50.9 Å². The number of allylic oxidation sites excluding steroid dienone is 4. The van der Waals surface area contributed by atoms with Crippen molar-refractivity contribution < 1.29 is 0 Å². The number of benzene rings is 4. The first-order valence-corrected chi connectivity index (χ1v) is 14.0. The van der Waals surface area contributed by atoms with Gasteiger partial charge in [0.1, 0.15) is 7.85 Å². The molecule has 39 heavy (non-hydrogen) atoms. The molecule has 5 aromatic rings. The maximum Gasteiger partial charge on any atom is 0.164 e. The average molecular weight is 568 g/mol. The van der Waals surface area contributed by atoms with Gasteiger partial charge in [0.2, 0.25) is 0 Å². The zero-order chi connectivity index (χ0) is 26.8.